The molecule has 168 valence electrons. The molecule has 1 amide bonds. The molecule has 0 radical (unpaired) electrons. The fourth-order valence-corrected chi connectivity index (χ4v) is 5.42. The summed E-state index contributed by atoms with van der Waals surface area (Å²) in [5.41, 5.74) is 2.19. The van der Waals surface area contributed by atoms with E-state index in [9.17, 15) is 13.2 Å². The molecule has 0 unspecified atom stereocenters. The van der Waals surface area contributed by atoms with Crippen LogP contribution in [0.4, 0.5) is 0 Å². The Bertz CT molecular complexity index is 947. The van der Waals surface area contributed by atoms with Gasteiger partial charge in [-0.2, -0.15) is 0 Å². The van der Waals surface area contributed by atoms with Crippen molar-refractivity contribution in [3.8, 4) is 5.75 Å². The number of carbonyl (C=O) groups excluding carboxylic acids is 1. The Morgan fingerprint density at radius 3 is 2.65 bits per heavy atom. The normalized spacial score (nSPS) is 17.3. The van der Waals surface area contributed by atoms with Crippen molar-refractivity contribution in [3.05, 3.63) is 65.7 Å². The lowest BCUT2D eigenvalue weighted by molar-refractivity contribution is -0.126. The standard InChI is InChI=1S/C24H32N2O4S/c1-20-9-5-6-14-23(20)30-17-15-25-24(27)22-13-7-16-26(19-22)31(28,29)18-8-12-21-10-3-2-4-11-21/h2-6,9-11,14,22H,7-8,12-13,15-19H2,1H3,(H,25,27)/t22-/m1/s1. The van der Waals surface area contributed by atoms with Crippen LogP contribution in [0.5, 0.6) is 5.75 Å². The number of benzene rings is 2. The van der Waals surface area contributed by atoms with Crippen molar-refractivity contribution in [1.82, 2.24) is 9.62 Å². The van der Waals surface area contributed by atoms with E-state index in [2.05, 4.69) is 5.32 Å². The number of amides is 1. The number of nitrogens with zero attached hydrogens (tertiary/aromatic N) is 1. The quantitative estimate of drug-likeness (QED) is 0.571. The van der Waals surface area contributed by atoms with Gasteiger partial charge in [0.15, 0.2) is 0 Å². The first kappa shape index (κ1) is 23.3. The van der Waals surface area contributed by atoms with Crippen LogP contribution in [0.25, 0.3) is 0 Å². The second kappa shape index (κ2) is 11.3. The molecule has 31 heavy (non-hydrogen) atoms. The van der Waals surface area contributed by atoms with Crippen LogP contribution in [0.15, 0.2) is 54.6 Å². The minimum atomic E-state index is -3.36. The van der Waals surface area contributed by atoms with Crippen molar-refractivity contribution >= 4 is 15.9 Å². The molecule has 0 bridgehead atoms. The number of hydrogen-bond donors (Lipinski definition) is 1. The second-order valence-corrected chi connectivity index (χ2v) is 10.1. The van der Waals surface area contributed by atoms with E-state index in [1.54, 1.807) is 0 Å². The predicted octanol–water partition coefficient (Wildman–Crippen LogP) is 3.16. The third-order valence-electron chi connectivity index (χ3n) is 5.61. The maximum absolute atomic E-state index is 12.8. The Balaban J connectivity index is 1.42. The van der Waals surface area contributed by atoms with Crippen LogP contribution < -0.4 is 10.1 Å². The van der Waals surface area contributed by atoms with Crippen molar-refractivity contribution in [1.29, 1.82) is 0 Å². The topological polar surface area (TPSA) is 75.7 Å². The Labute approximate surface area is 185 Å². The molecule has 6 nitrogen and oxygen atoms in total. The van der Waals surface area contributed by atoms with Gasteiger partial charge in [0, 0.05) is 13.1 Å². The van der Waals surface area contributed by atoms with Crippen molar-refractivity contribution in [2.45, 2.75) is 32.6 Å². The molecule has 1 saturated heterocycles. The highest BCUT2D eigenvalue weighted by Gasteiger charge is 2.31. The summed E-state index contributed by atoms with van der Waals surface area (Å²) in [7, 11) is -3.36. The van der Waals surface area contributed by atoms with Crippen molar-refractivity contribution in [2.75, 3.05) is 32.0 Å². The highest BCUT2D eigenvalue weighted by molar-refractivity contribution is 7.89. The Hall–Kier alpha value is -2.38. The van der Waals surface area contributed by atoms with Gasteiger partial charge in [-0.15, -0.1) is 0 Å². The van der Waals surface area contributed by atoms with Gasteiger partial charge in [0.05, 0.1) is 18.2 Å². The zero-order chi connectivity index (χ0) is 22.1. The molecule has 2 aromatic carbocycles. The Kier molecular flexibility index (Phi) is 8.49. The molecule has 1 heterocycles. The number of carbonyl (C=O) groups is 1. The number of para-hydroxylation sites is 1. The molecular weight excluding hydrogens is 412 g/mol. The summed E-state index contributed by atoms with van der Waals surface area (Å²) in [6, 6.07) is 17.6. The van der Waals surface area contributed by atoms with Gasteiger partial charge in [-0.05, 0) is 49.8 Å². The zero-order valence-corrected chi connectivity index (χ0v) is 18.9. The second-order valence-electron chi connectivity index (χ2n) is 8.01. The van der Waals surface area contributed by atoms with Gasteiger partial charge in [0.1, 0.15) is 12.4 Å². The van der Waals surface area contributed by atoms with E-state index < -0.39 is 10.0 Å². The third kappa shape index (κ3) is 7.08. The monoisotopic (exact) mass is 444 g/mol. The van der Waals surface area contributed by atoms with Crippen LogP contribution in [0.2, 0.25) is 0 Å². The van der Waals surface area contributed by atoms with E-state index in [0.29, 0.717) is 39.0 Å². The summed E-state index contributed by atoms with van der Waals surface area (Å²) in [4.78, 5) is 12.6. The first-order valence-corrected chi connectivity index (χ1v) is 12.5. The van der Waals surface area contributed by atoms with Gasteiger partial charge in [0.2, 0.25) is 15.9 Å². The number of aryl methyl sites for hydroxylation is 2. The number of ether oxygens (including phenoxy) is 1. The molecule has 7 heteroatoms. The summed E-state index contributed by atoms with van der Waals surface area (Å²) in [5.74, 6) is 0.511. The molecule has 2 aromatic rings. The summed E-state index contributed by atoms with van der Waals surface area (Å²) in [6.07, 6.45) is 2.73. The molecular formula is C24H32N2O4S. The number of nitrogens with one attached hydrogen (secondary N) is 1. The molecule has 1 atom stereocenters. The Morgan fingerprint density at radius 2 is 1.87 bits per heavy atom. The number of hydrogen-bond acceptors (Lipinski definition) is 4. The molecule has 0 saturated carbocycles. The van der Waals surface area contributed by atoms with Crippen LogP contribution in [-0.2, 0) is 21.2 Å². The zero-order valence-electron chi connectivity index (χ0n) is 18.1. The van der Waals surface area contributed by atoms with Crippen molar-refractivity contribution in [2.24, 2.45) is 5.92 Å². The molecule has 1 aliphatic rings. The van der Waals surface area contributed by atoms with Crippen molar-refractivity contribution < 1.29 is 17.9 Å². The Morgan fingerprint density at radius 1 is 1.13 bits per heavy atom. The highest BCUT2D eigenvalue weighted by atomic mass is 32.2. The molecule has 1 aliphatic heterocycles. The summed E-state index contributed by atoms with van der Waals surface area (Å²) in [5, 5.41) is 2.89. The SMILES string of the molecule is Cc1ccccc1OCCNC(=O)[C@@H]1CCCN(S(=O)(=O)CCCc2ccccc2)C1. The molecule has 1 fully saturated rings. The van der Waals surface area contributed by atoms with E-state index in [1.807, 2.05) is 61.5 Å². The maximum Gasteiger partial charge on any atom is 0.224 e. The summed E-state index contributed by atoms with van der Waals surface area (Å²) >= 11 is 0. The summed E-state index contributed by atoms with van der Waals surface area (Å²) in [6.45, 7) is 3.51. The third-order valence-corrected chi connectivity index (χ3v) is 7.53. The fraction of sp³-hybridized carbons (Fsp3) is 0.458. The average molecular weight is 445 g/mol. The van der Waals surface area contributed by atoms with Crippen LogP contribution in [-0.4, -0.2) is 50.6 Å². The van der Waals surface area contributed by atoms with E-state index in [0.717, 1.165) is 23.3 Å². The first-order valence-electron chi connectivity index (χ1n) is 10.9. The lowest BCUT2D eigenvalue weighted by Gasteiger charge is -2.31. The maximum atomic E-state index is 12.8. The molecule has 3 rings (SSSR count). The lowest BCUT2D eigenvalue weighted by atomic mass is 9.99. The van der Waals surface area contributed by atoms with Gasteiger partial charge in [-0.25, -0.2) is 12.7 Å². The first-order chi connectivity index (χ1) is 15.0. The molecule has 0 spiro atoms. The van der Waals surface area contributed by atoms with Crippen LogP contribution in [0.3, 0.4) is 0 Å². The average Bonchev–Trinajstić information content (AvgIpc) is 2.78. The van der Waals surface area contributed by atoms with E-state index in [4.69, 9.17) is 4.74 Å². The molecule has 0 aliphatic carbocycles. The van der Waals surface area contributed by atoms with Crippen molar-refractivity contribution in [3.63, 3.8) is 0 Å². The van der Waals surface area contributed by atoms with Crippen LogP contribution >= 0.6 is 0 Å². The van der Waals surface area contributed by atoms with Crippen LogP contribution in [0.1, 0.15) is 30.4 Å². The largest absolute Gasteiger partial charge is 0.491 e. The van der Waals surface area contributed by atoms with E-state index >= 15 is 0 Å². The highest BCUT2D eigenvalue weighted by Crippen LogP contribution is 2.21. The van der Waals surface area contributed by atoms with Crippen LogP contribution in [0, 0.1) is 12.8 Å². The van der Waals surface area contributed by atoms with E-state index in [-0.39, 0.29) is 24.1 Å². The van der Waals surface area contributed by atoms with Gasteiger partial charge in [0.25, 0.3) is 0 Å². The van der Waals surface area contributed by atoms with Gasteiger partial charge in [-0.1, -0.05) is 48.5 Å². The summed E-state index contributed by atoms with van der Waals surface area (Å²) < 4.78 is 32.7. The lowest BCUT2D eigenvalue weighted by Crippen LogP contribution is -2.46. The number of sulfonamides is 1. The molecule has 1 N–H and O–H groups in total. The number of piperidine rings is 1. The fourth-order valence-electron chi connectivity index (χ4n) is 3.84. The minimum Gasteiger partial charge on any atom is -0.491 e. The minimum absolute atomic E-state index is 0.0995. The number of rotatable bonds is 10. The van der Waals surface area contributed by atoms with Gasteiger partial charge in [-0.3, -0.25) is 4.79 Å². The smallest absolute Gasteiger partial charge is 0.224 e. The van der Waals surface area contributed by atoms with E-state index in [1.165, 1.54) is 4.31 Å². The predicted molar refractivity (Wildman–Crippen MR) is 123 cm³/mol. The van der Waals surface area contributed by atoms with Gasteiger partial charge >= 0.3 is 0 Å². The van der Waals surface area contributed by atoms with Gasteiger partial charge < -0.3 is 10.1 Å². The molecule has 0 aromatic heterocycles.